The Kier molecular flexibility index (Phi) is 66.2. The Labute approximate surface area is 503 Å². The number of esters is 3. The Bertz CT molecular complexity index is 1530. The summed E-state index contributed by atoms with van der Waals surface area (Å²) in [6, 6.07) is 0. The van der Waals surface area contributed by atoms with Crippen LogP contribution in [0.25, 0.3) is 0 Å². The number of allylic oxidation sites excluding steroid dienone is 14. The smallest absolute Gasteiger partial charge is 0.306 e. The molecule has 0 radical (unpaired) electrons. The van der Waals surface area contributed by atoms with Crippen molar-refractivity contribution in [1.82, 2.24) is 0 Å². The van der Waals surface area contributed by atoms with Crippen molar-refractivity contribution in [1.29, 1.82) is 0 Å². The van der Waals surface area contributed by atoms with Gasteiger partial charge in [-0.05, 0) is 96.3 Å². The van der Waals surface area contributed by atoms with E-state index in [4.69, 9.17) is 14.2 Å². The molecule has 81 heavy (non-hydrogen) atoms. The van der Waals surface area contributed by atoms with Crippen LogP contribution in [0.4, 0.5) is 0 Å². The van der Waals surface area contributed by atoms with Crippen molar-refractivity contribution in [3.63, 3.8) is 0 Å². The average Bonchev–Trinajstić information content (AvgIpc) is 3.47. The molecule has 6 nitrogen and oxygen atoms in total. The summed E-state index contributed by atoms with van der Waals surface area (Å²) in [6.07, 6.45) is 91.6. The number of carbonyl (C=O) groups is 3. The first-order valence-corrected chi connectivity index (χ1v) is 35.1. The minimum atomic E-state index is -0.782. The quantitative estimate of drug-likeness (QED) is 0.0261. The molecule has 1 atom stereocenters. The molecule has 0 aromatic carbocycles. The number of ether oxygens (including phenoxy) is 3. The summed E-state index contributed by atoms with van der Waals surface area (Å²) in [5.41, 5.74) is 0. The Balaban J connectivity index is 4.36. The van der Waals surface area contributed by atoms with Crippen LogP contribution in [0.15, 0.2) is 85.1 Å². The minimum Gasteiger partial charge on any atom is -0.462 e. The third kappa shape index (κ3) is 67.3. The van der Waals surface area contributed by atoms with E-state index in [9.17, 15) is 14.4 Å². The van der Waals surface area contributed by atoms with Crippen LogP contribution >= 0.6 is 0 Å². The van der Waals surface area contributed by atoms with Crippen LogP contribution in [0, 0.1) is 0 Å². The molecular formula is C75H132O6. The molecule has 0 heterocycles. The number of hydrogen-bond acceptors (Lipinski definition) is 6. The highest BCUT2D eigenvalue weighted by Gasteiger charge is 2.19. The monoisotopic (exact) mass is 1130 g/mol. The van der Waals surface area contributed by atoms with E-state index in [1.54, 1.807) is 0 Å². The summed E-state index contributed by atoms with van der Waals surface area (Å²) in [7, 11) is 0. The van der Waals surface area contributed by atoms with Gasteiger partial charge >= 0.3 is 17.9 Å². The van der Waals surface area contributed by atoms with Gasteiger partial charge in [0, 0.05) is 19.3 Å². The Morgan fingerprint density at radius 2 is 0.481 bits per heavy atom. The summed E-state index contributed by atoms with van der Waals surface area (Å²) in [6.45, 7) is 6.55. The molecular weight excluding hydrogens is 997 g/mol. The third-order valence-electron chi connectivity index (χ3n) is 15.4. The average molecular weight is 1130 g/mol. The van der Waals surface area contributed by atoms with Crippen molar-refractivity contribution in [3.8, 4) is 0 Å². The maximum Gasteiger partial charge on any atom is 0.306 e. The minimum absolute atomic E-state index is 0.0762. The molecule has 0 saturated heterocycles. The molecule has 0 aliphatic carbocycles. The van der Waals surface area contributed by atoms with Gasteiger partial charge in [0.2, 0.25) is 0 Å². The molecule has 0 fully saturated rings. The van der Waals surface area contributed by atoms with Crippen molar-refractivity contribution in [2.75, 3.05) is 13.2 Å². The number of carbonyl (C=O) groups excluding carboxylic acids is 3. The first kappa shape index (κ1) is 77.6. The lowest BCUT2D eigenvalue weighted by atomic mass is 10.0. The predicted molar refractivity (Wildman–Crippen MR) is 353 cm³/mol. The largest absolute Gasteiger partial charge is 0.462 e. The van der Waals surface area contributed by atoms with Crippen molar-refractivity contribution < 1.29 is 28.6 Å². The van der Waals surface area contributed by atoms with Gasteiger partial charge in [0.05, 0.1) is 0 Å². The summed E-state index contributed by atoms with van der Waals surface area (Å²) in [5.74, 6) is -0.866. The molecule has 0 aliphatic heterocycles. The molecule has 0 aliphatic rings. The van der Waals surface area contributed by atoms with Gasteiger partial charge in [0.25, 0.3) is 0 Å². The van der Waals surface area contributed by atoms with Crippen molar-refractivity contribution >= 4 is 17.9 Å². The predicted octanol–water partition coefficient (Wildman–Crippen LogP) is 24.2. The molecule has 1 unspecified atom stereocenters. The summed E-state index contributed by atoms with van der Waals surface area (Å²) in [5, 5.41) is 0. The second-order valence-electron chi connectivity index (χ2n) is 23.4. The molecule has 0 rings (SSSR count). The van der Waals surface area contributed by atoms with Crippen LogP contribution in [0.5, 0.6) is 0 Å². The molecule has 0 saturated carbocycles. The topological polar surface area (TPSA) is 78.9 Å². The number of hydrogen-bond donors (Lipinski definition) is 0. The molecule has 468 valence electrons. The highest BCUT2D eigenvalue weighted by molar-refractivity contribution is 5.71. The highest BCUT2D eigenvalue weighted by Crippen LogP contribution is 2.18. The molecule has 6 heteroatoms. The first-order chi connectivity index (χ1) is 40.0. The van der Waals surface area contributed by atoms with Gasteiger partial charge < -0.3 is 14.2 Å². The van der Waals surface area contributed by atoms with Crippen LogP contribution in [0.3, 0.4) is 0 Å². The lowest BCUT2D eigenvalue weighted by Gasteiger charge is -2.18. The summed E-state index contributed by atoms with van der Waals surface area (Å²) in [4.78, 5) is 38.5. The SMILES string of the molecule is CC/C=C\C/C=C\C/C=C\C/C=C\C/C=C\CCCCCCCCCCCC(=O)OCC(COC(=O)CCCCCCCCCCCCCCCCCCCCC)OC(=O)CCCCCCCCCCC/C=C\C/C=C\CCCCC. The molecule has 0 bridgehead atoms. The van der Waals surface area contributed by atoms with Crippen LogP contribution in [-0.2, 0) is 28.6 Å². The van der Waals surface area contributed by atoms with E-state index >= 15 is 0 Å². The molecule has 0 spiro atoms. The fourth-order valence-electron chi connectivity index (χ4n) is 10.2. The Hall–Kier alpha value is -3.41. The van der Waals surface area contributed by atoms with Crippen molar-refractivity contribution in [2.24, 2.45) is 0 Å². The highest BCUT2D eigenvalue weighted by atomic mass is 16.6. The maximum absolute atomic E-state index is 13.0. The second kappa shape index (κ2) is 69.1. The summed E-state index contributed by atoms with van der Waals surface area (Å²) < 4.78 is 17.0. The fourth-order valence-corrected chi connectivity index (χ4v) is 10.2. The Morgan fingerprint density at radius 1 is 0.259 bits per heavy atom. The van der Waals surface area contributed by atoms with Crippen LogP contribution in [-0.4, -0.2) is 37.2 Å². The van der Waals surface area contributed by atoms with E-state index < -0.39 is 6.10 Å². The lowest BCUT2D eigenvalue weighted by Crippen LogP contribution is -2.30. The normalized spacial score (nSPS) is 12.6. The first-order valence-electron chi connectivity index (χ1n) is 35.1. The lowest BCUT2D eigenvalue weighted by molar-refractivity contribution is -0.167. The maximum atomic E-state index is 13.0. The van der Waals surface area contributed by atoms with Gasteiger partial charge in [0.1, 0.15) is 13.2 Å². The standard InChI is InChI=1S/C75H132O6/c1-4-7-10-13-16-19-22-25-28-31-34-35-36-37-38-39-42-44-47-50-53-56-59-62-65-68-74(77)80-71-72(81-75(78)69-66-63-60-57-54-51-48-45-41-33-30-27-24-21-18-15-12-9-6-3)70-79-73(76)67-64-61-58-55-52-49-46-43-40-32-29-26-23-20-17-14-11-8-5-2/h7,10,16,18-19,21,25,27-28,30,34-35,37-38,72H,4-6,8-9,11-15,17,20,22-24,26,29,31-33,36,39-71H2,1-3H3/b10-7-,19-16-,21-18-,28-25-,30-27-,35-34-,38-37-. The zero-order chi connectivity index (χ0) is 58.5. The molecule has 0 aromatic heterocycles. The van der Waals surface area contributed by atoms with Crippen LogP contribution in [0.2, 0.25) is 0 Å². The van der Waals surface area contributed by atoms with Gasteiger partial charge in [-0.1, -0.05) is 324 Å². The fraction of sp³-hybridized carbons (Fsp3) is 0.773. The zero-order valence-electron chi connectivity index (χ0n) is 53.8. The van der Waals surface area contributed by atoms with Gasteiger partial charge in [-0.3, -0.25) is 14.4 Å². The molecule has 0 N–H and O–H groups in total. The molecule has 0 aromatic rings. The molecule has 0 amide bonds. The van der Waals surface area contributed by atoms with Gasteiger partial charge in [-0.25, -0.2) is 0 Å². The Morgan fingerprint density at radius 3 is 0.778 bits per heavy atom. The number of unbranched alkanes of at least 4 members (excludes halogenated alkanes) is 39. The number of rotatable bonds is 64. The zero-order valence-corrected chi connectivity index (χ0v) is 53.8. The van der Waals surface area contributed by atoms with Gasteiger partial charge in [-0.2, -0.15) is 0 Å². The van der Waals surface area contributed by atoms with E-state index in [0.29, 0.717) is 19.3 Å². The van der Waals surface area contributed by atoms with E-state index in [1.807, 2.05) is 0 Å². The van der Waals surface area contributed by atoms with E-state index in [-0.39, 0.29) is 31.1 Å². The van der Waals surface area contributed by atoms with E-state index in [0.717, 1.165) is 103 Å². The van der Waals surface area contributed by atoms with Crippen molar-refractivity contribution in [2.45, 2.75) is 361 Å². The second-order valence-corrected chi connectivity index (χ2v) is 23.4. The van der Waals surface area contributed by atoms with E-state index in [2.05, 4.69) is 106 Å². The van der Waals surface area contributed by atoms with Crippen molar-refractivity contribution in [3.05, 3.63) is 85.1 Å². The van der Waals surface area contributed by atoms with Crippen LogP contribution in [0.1, 0.15) is 355 Å². The summed E-state index contributed by atoms with van der Waals surface area (Å²) >= 11 is 0. The van der Waals surface area contributed by atoms with Gasteiger partial charge in [0.15, 0.2) is 6.10 Å². The van der Waals surface area contributed by atoms with Crippen LogP contribution < -0.4 is 0 Å². The van der Waals surface area contributed by atoms with E-state index in [1.165, 1.54) is 212 Å². The van der Waals surface area contributed by atoms with Gasteiger partial charge in [-0.15, -0.1) is 0 Å². The third-order valence-corrected chi connectivity index (χ3v) is 15.4.